The summed E-state index contributed by atoms with van der Waals surface area (Å²) >= 11 is 6.24. The largest absolute Gasteiger partial charge is 0.494 e. The second-order valence-corrected chi connectivity index (χ2v) is 9.18. The number of halogens is 1. The number of hydrogen-bond donors (Lipinski definition) is 2. The molecule has 194 valence electrons. The molecule has 1 aliphatic heterocycles. The first-order valence-electron chi connectivity index (χ1n) is 12.8. The van der Waals surface area contributed by atoms with Crippen LogP contribution in [0.25, 0.3) is 0 Å². The quantitative estimate of drug-likeness (QED) is 0.363. The SMILES string of the molecule is C/C=C(Cl)\C=C/CC12COc3cc(OCC)cc(OCC)c3[C@]1(O)C(=N)C[C@H]2c1ccccc1.CC. The summed E-state index contributed by atoms with van der Waals surface area (Å²) in [4.78, 5) is 0. The van der Waals surface area contributed by atoms with Gasteiger partial charge in [0.05, 0.1) is 30.8 Å². The van der Waals surface area contributed by atoms with E-state index in [1.54, 1.807) is 12.1 Å². The third-order valence-electron chi connectivity index (χ3n) is 6.97. The maximum absolute atomic E-state index is 12.6. The van der Waals surface area contributed by atoms with Crippen molar-refractivity contribution in [2.45, 2.75) is 59.0 Å². The second kappa shape index (κ2) is 12.0. The molecule has 0 saturated heterocycles. The first kappa shape index (κ1) is 27.8. The Morgan fingerprint density at radius 1 is 1.17 bits per heavy atom. The van der Waals surface area contributed by atoms with Crippen LogP contribution < -0.4 is 14.2 Å². The molecule has 1 saturated carbocycles. The van der Waals surface area contributed by atoms with E-state index in [0.717, 1.165) is 5.56 Å². The highest BCUT2D eigenvalue weighted by Crippen LogP contribution is 2.65. The fourth-order valence-corrected chi connectivity index (χ4v) is 5.51. The van der Waals surface area contributed by atoms with Gasteiger partial charge < -0.3 is 24.7 Å². The molecule has 1 heterocycles. The van der Waals surface area contributed by atoms with Gasteiger partial charge in [0.25, 0.3) is 0 Å². The summed E-state index contributed by atoms with van der Waals surface area (Å²) in [6, 6.07) is 13.7. The van der Waals surface area contributed by atoms with Gasteiger partial charge in [-0.15, -0.1) is 0 Å². The topological polar surface area (TPSA) is 71.8 Å². The fourth-order valence-electron chi connectivity index (χ4n) is 5.42. The van der Waals surface area contributed by atoms with Gasteiger partial charge in [-0.25, -0.2) is 0 Å². The Bertz CT molecular complexity index is 1110. The second-order valence-electron chi connectivity index (χ2n) is 8.74. The summed E-state index contributed by atoms with van der Waals surface area (Å²) in [5.41, 5.74) is -0.522. The van der Waals surface area contributed by atoms with Crippen molar-refractivity contribution >= 4 is 17.3 Å². The maximum Gasteiger partial charge on any atom is 0.144 e. The average Bonchev–Trinajstić information content (AvgIpc) is 3.13. The van der Waals surface area contributed by atoms with Crippen molar-refractivity contribution in [2.75, 3.05) is 19.8 Å². The Hall–Kier alpha value is -2.76. The summed E-state index contributed by atoms with van der Waals surface area (Å²) < 4.78 is 18.1. The molecule has 3 atom stereocenters. The zero-order chi connectivity index (χ0) is 26.3. The van der Waals surface area contributed by atoms with Crippen molar-refractivity contribution in [1.29, 1.82) is 5.41 Å². The van der Waals surface area contributed by atoms with E-state index in [1.807, 2.05) is 71.0 Å². The predicted octanol–water partition coefficient (Wildman–Crippen LogP) is 7.37. The van der Waals surface area contributed by atoms with Gasteiger partial charge in [-0.1, -0.05) is 67.9 Å². The number of nitrogens with one attached hydrogen (secondary N) is 1. The Balaban J connectivity index is 0.00000176. The van der Waals surface area contributed by atoms with Gasteiger partial charge in [0.15, 0.2) is 0 Å². The number of rotatable bonds is 8. The van der Waals surface area contributed by atoms with Crippen molar-refractivity contribution in [3.63, 3.8) is 0 Å². The summed E-state index contributed by atoms with van der Waals surface area (Å²) in [5.74, 6) is 1.49. The molecule has 0 bridgehead atoms. The highest BCUT2D eigenvalue weighted by molar-refractivity contribution is 6.31. The third-order valence-corrected chi connectivity index (χ3v) is 7.31. The average molecular weight is 512 g/mol. The van der Waals surface area contributed by atoms with Crippen molar-refractivity contribution in [3.05, 3.63) is 76.9 Å². The summed E-state index contributed by atoms with van der Waals surface area (Å²) in [6.45, 7) is 10.9. The van der Waals surface area contributed by atoms with Crippen molar-refractivity contribution in [3.8, 4) is 17.2 Å². The van der Waals surface area contributed by atoms with Crippen LogP contribution in [0.3, 0.4) is 0 Å². The zero-order valence-corrected chi connectivity index (χ0v) is 22.7. The Labute approximate surface area is 220 Å². The van der Waals surface area contributed by atoms with Crippen LogP contribution in [-0.2, 0) is 5.60 Å². The van der Waals surface area contributed by atoms with E-state index in [1.165, 1.54) is 0 Å². The van der Waals surface area contributed by atoms with Crippen molar-refractivity contribution in [2.24, 2.45) is 5.41 Å². The van der Waals surface area contributed by atoms with Crippen molar-refractivity contribution in [1.82, 2.24) is 0 Å². The molecule has 0 aromatic heterocycles. The summed E-state index contributed by atoms with van der Waals surface area (Å²) in [6.07, 6.45) is 6.55. The summed E-state index contributed by atoms with van der Waals surface area (Å²) in [7, 11) is 0. The Kier molecular flexibility index (Phi) is 9.26. The summed E-state index contributed by atoms with van der Waals surface area (Å²) in [5, 5.41) is 22.3. The molecule has 2 aromatic carbocycles. The number of fused-ring (bicyclic) bond motifs is 3. The molecule has 4 rings (SSSR count). The minimum atomic E-state index is -1.57. The molecule has 0 amide bonds. The fraction of sp³-hybridized carbons (Fsp3) is 0.433. The highest BCUT2D eigenvalue weighted by Gasteiger charge is 2.67. The molecule has 1 unspecified atom stereocenters. The van der Waals surface area contributed by atoms with E-state index in [2.05, 4.69) is 12.1 Å². The Morgan fingerprint density at radius 2 is 1.86 bits per heavy atom. The van der Waals surface area contributed by atoms with E-state index in [0.29, 0.717) is 53.9 Å². The lowest BCUT2D eigenvalue weighted by Crippen LogP contribution is -2.54. The predicted molar refractivity (Wildman–Crippen MR) is 147 cm³/mol. The normalized spacial score (nSPS) is 24.9. The lowest BCUT2D eigenvalue weighted by Gasteiger charge is -2.49. The van der Waals surface area contributed by atoms with Crippen LogP contribution in [0, 0.1) is 10.8 Å². The van der Waals surface area contributed by atoms with Gasteiger partial charge in [-0.2, -0.15) is 0 Å². The number of allylic oxidation sites excluding steroid dienone is 4. The number of ether oxygens (including phenoxy) is 3. The number of benzene rings is 2. The third kappa shape index (κ3) is 4.79. The molecule has 2 aliphatic rings. The molecular formula is C30H38ClNO4. The molecule has 36 heavy (non-hydrogen) atoms. The zero-order valence-electron chi connectivity index (χ0n) is 21.9. The van der Waals surface area contributed by atoms with Crippen LogP contribution in [0.1, 0.15) is 64.5 Å². The Morgan fingerprint density at radius 3 is 2.50 bits per heavy atom. The van der Waals surface area contributed by atoms with E-state index >= 15 is 0 Å². The molecule has 1 aliphatic carbocycles. The maximum atomic E-state index is 12.6. The van der Waals surface area contributed by atoms with E-state index in [4.69, 9.17) is 31.2 Å². The standard InChI is InChI=1S/C28H32ClNO4.C2H6/c1-4-20(29)13-10-14-27-18-34-24-16-21(32-5-2)15-23(33-6-3)26(24)28(27,31)25(30)17-22(27)19-11-8-7-9-12-19;1-2/h4,7-13,15-16,22,30-31H,5-6,14,17-18H2,1-3H3;1-2H3/b13-10-,20-4+,30-25?;/t22-,27?,28+;/m0./s1. The van der Waals surface area contributed by atoms with E-state index in [-0.39, 0.29) is 18.2 Å². The van der Waals surface area contributed by atoms with Crippen LogP contribution in [0.5, 0.6) is 17.2 Å². The first-order valence-corrected chi connectivity index (χ1v) is 13.2. The van der Waals surface area contributed by atoms with Gasteiger partial charge in [-0.05, 0) is 45.3 Å². The monoisotopic (exact) mass is 511 g/mol. The van der Waals surface area contributed by atoms with Crippen LogP contribution >= 0.6 is 11.6 Å². The van der Waals surface area contributed by atoms with E-state index < -0.39 is 11.0 Å². The van der Waals surface area contributed by atoms with Gasteiger partial charge in [-0.3, -0.25) is 0 Å². The molecule has 1 fully saturated rings. The lowest BCUT2D eigenvalue weighted by molar-refractivity contribution is -0.0765. The molecular weight excluding hydrogens is 474 g/mol. The molecule has 0 radical (unpaired) electrons. The molecule has 0 spiro atoms. The van der Waals surface area contributed by atoms with Gasteiger partial charge >= 0.3 is 0 Å². The molecule has 2 N–H and O–H groups in total. The van der Waals surface area contributed by atoms with Gasteiger partial charge in [0.1, 0.15) is 22.8 Å². The van der Waals surface area contributed by atoms with Crippen LogP contribution in [-0.4, -0.2) is 30.6 Å². The number of aliphatic hydroxyl groups is 1. The minimum Gasteiger partial charge on any atom is -0.494 e. The van der Waals surface area contributed by atoms with Crippen molar-refractivity contribution < 1.29 is 19.3 Å². The molecule has 2 aromatic rings. The highest BCUT2D eigenvalue weighted by atomic mass is 35.5. The van der Waals surface area contributed by atoms with Crippen LogP contribution in [0.15, 0.2) is 65.7 Å². The minimum absolute atomic E-state index is 0.116. The molecule has 5 nitrogen and oxygen atoms in total. The molecule has 6 heteroatoms. The van der Waals surface area contributed by atoms with Gasteiger partial charge in [0.2, 0.25) is 0 Å². The van der Waals surface area contributed by atoms with Gasteiger partial charge in [0, 0.05) is 28.8 Å². The lowest BCUT2D eigenvalue weighted by atomic mass is 9.61. The first-order chi connectivity index (χ1) is 17.4. The smallest absolute Gasteiger partial charge is 0.144 e. The number of hydrogen-bond acceptors (Lipinski definition) is 5. The van der Waals surface area contributed by atoms with Crippen LogP contribution in [0.4, 0.5) is 0 Å². The van der Waals surface area contributed by atoms with E-state index in [9.17, 15) is 5.11 Å². The van der Waals surface area contributed by atoms with Crippen LogP contribution in [0.2, 0.25) is 0 Å².